The first-order chi connectivity index (χ1) is 10.1. The molecule has 0 aliphatic carbocycles. The highest BCUT2D eigenvalue weighted by molar-refractivity contribution is 5.70. The number of benzene rings is 1. The molecule has 1 aromatic carbocycles. The highest BCUT2D eigenvalue weighted by Gasteiger charge is 2.03. The second-order valence-corrected chi connectivity index (χ2v) is 4.62. The molecule has 2 aromatic rings. The predicted molar refractivity (Wildman–Crippen MR) is 77.6 cm³/mol. The predicted octanol–water partition coefficient (Wildman–Crippen LogP) is 1.38. The third-order valence-corrected chi connectivity index (χ3v) is 3.14. The van der Waals surface area contributed by atoms with E-state index in [0.29, 0.717) is 25.4 Å². The van der Waals surface area contributed by atoms with Crippen LogP contribution in [0.5, 0.6) is 5.75 Å². The van der Waals surface area contributed by atoms with Gasteiger partial charge in [0.15, 0.2) is 0 Å². The summed E-state index contributed by atoms with van der Waals surface area (Å²) in [5.74, 6) is -0.199. The number of aromatic nitrogens is 2. The van der Waals surface area contributed by atoms with Gasteiger partial charge in [-0.3, -0.25) is 13.9 Å². The van der Waals surface area contributed by atoms with Crippen molar-refractivity contribution in [3.05, 3.63) is 52.7 Å². The highest BCUT2D eigenvalue weighted by atomic mass is 16.5. The van der Waals surface area contributed by atoms with Gasteiger partial charge in [-0.15, -0.1) is 0 Å². The van der Waals surface area contributed by atoms with Gasteiger partial charge in [0, 0.05) is 18.9 Å². The quantitative estimate of drug-likeness (QED) is 0.836. The fraction of sp³-hybridized carbons (Fsp3) is 0.333. The van der Waals surface area contributed by atoms with Gasteiger partial charge in [0.05, 0.1) is 13.0 Å². The van der Waals surface area contributed by atoms with E-state index < -0.39 is 5.97 Å². The lowest BCUT2D eigenvalue weighted by molar-refractivity contribution is -0.136. The molecule has 0 radical (unpaired) electrons. The normalized spacial score (nSPS) is 10.5. The van der Waals surface area contributed by atoms with Gasteiger partial charge in [-0.25, -0.2) is 4.79 Å². The molecule has 1 aromatic heterocycles. The third-order valence-electron chi connectivity index (χ3n) is 3.14. The maximum Gasteiger partial charge on any atom is 0.328 e. The van der Waals surface area contributed by atoms with Crippen molar-refractivity contribution in [3.63, 3.8) is 0 Å². The van der Waals surface area contributed by atoms with Gasteiger partial charge < -0.3 is 9.84 Å². The maximum atomic E-state index is 11.8. The van der Waals surface area contributed by atoms with Gasteiger partial charge in [-0.1, -0.05) is 12.1 Å². The SMILES string of the molecule is CCn1ccn(CCOc2ccc(CC(=O)O)cc2)c1=O. The summed E-state index contributed by atoms with van der Waals surface area (Å²) < 4.78 is 8.78. The summed E-state index contributed by atoms with van der Waals surface area (Å²) in [6, 6.07) is 6.92. The molecule has 21 heavy (non-hydrogen) atoms. The monoisotopic (exact) mass is 290 g/mol. The van der Waals surface area contributed by atoms with Crippen molar-refractivity contribution < 1.29 is 14.6 Å². The van der Waals surface area contributed by atoms with Crippen LogP contribution in [0.3, 0.4) is 0 Å². The molecule has 1 N–H and O–H groups in total. The summed E-state index contributed by atoms with van der Waals surface area (Å²) in [6.45, 7) is 3.42. The molecular formula is C15H18N2O4. The van der Waals surface area contributed by atoms with Crippen molar-refractivity contribution in [3.8, 4) is 5.75 Å². The van der Waals surface area contributed by atoms with E-state index in [1.54, 1.807) is 45.8 Å². The summed E-state index contributed by atoms with van der Waals surface area (Å²) in [7, 11) is 0. The molecule has 6 nitrogen and oxygen atoms in total. The number of rotatable bonds is 7. The van der Waals surface area contributed by atoms with Crippen molar-refractivity contribution >= 4 is 5.97 Å². The first kappa shape index (κ1) is 14.9. The smallest absolute Gasteiger partial charge is 0.328 e. The zero-order valence-electron chi connectivity index (χ0n) is 11.9. The van der Waals surface area contributed by atoms with Gasteiger partial charge in [0.2, 0.25) is 0 Å². The number of hydrogen-bond acceptors (Lipinski definition) is 3. The number of imidazole rings is 1. The largest absolute Gasteiger partial charge is 0.492 e. The number of carboxylic acid groups (broad SMARTS) is 1. The molecule has 112 valence electrons. The molecule has 0 saturated heterocycles. The third kappa shape index (κ3) is 3.98. The molecule has 6 heteroatoms. The molecule has 0 aliphatic rings. The van der Waals surface area contributed by atoms with Crippen LogP contribution >= 0.6 is 0 Å². The van der Waals surface area contributed by atoms with Crippen LogP contribution in [0.25, 0.3) is 0 Å². The summed E-state index contributed by atoms with van der Waals surface area (Å²) in [6.07, 6.45) is 3.49. The van der Waals surface area contributed by atoms with E-state index in [1.165, 1.54) is 0 Å². The minimum absolute atomic E-state index is 0.000205. The number of carboxylic acids is 1. The van der Waals surface area contributed by atoms with E-state index in [-0.39, 0.29) is 12.1 Å². The first-order valence-electron chi connectivity index (χ1n) is 6.79. The first-order valence-corrected chi connectivity index (χ1v) is 6.79. The maximum absolute atomic E-state index is 11.8. The number of nitrogens with zero attached hydrogens (tertiary/aromatic N) is 2. The minimum atomic E-state index is -0.858. The molecule has 1 heterocycles. The molecular weight excluding hydrogens is 272 g/mol. The van der Waals surface area contributed by atoms with Crippen LogP contribution in [0.15, 0.2) is 41.5 Å². The van der Waals surface area contributed by atoms with Gasteiger partial charge in [0.1, 0.15) is 12.4 Å². The Labute approximate surface area is 122 Å². The van der Waals surface area contributed by atoms with Crippen LogP contribution in [0, 0.1) is 0 Å². The average Bonchev–Trinajstić information content (AvgIpc) is 2.81. The number of carbonyl (C=O) groups is 1. The number of aryl methyl sites for hydroxylation is 1. The van der Waals surface area contributed by atoms with E-state index in [1.807, 2.05) is 6.92 Å². The van der Waals surface area contributed by atoms with Crippen LogP contribution in [-0.2, 0) is 24.3 Å². The lowest BCUT2D eigenvalue weighted by atomic mass is 10.1. The van der Waals surface area contributed by atoms with Crippen molar-refractivity contribution in [2.45, 2.75) is 26.4 Å². The summed E-state index contributed by atoms with van der Waals surface area (Å²) >= 11 is 0. The molecule has 0 aliphatic heterocycles. The Kier molecular flexibility index (Phi) is 4.81. The highest BCUT2D eigenvalue weighted by Crippen LogP contribution is 2.12. The second-order valence-electron chi connectivity index (χ2n) is 4.62. The Morgan fingerprint density at radius 3 is 2.43 bits per heavy atom. The van der Waals surface area contributed by atoms with E-state index in [9.17, 15) is 9.59 Å². The molecule has 0 spiro atoms. The number of hydrogen-bond donors (Lipinski definition) is 1. The Balaban J connectivity index is 1.87. The number of ether oxygens (including phenoxy) is 1. The Bertz CT molecular complexity index is 655. The fourth-order valence-electron chi connectivity index (χ4n) is 2.00. The molecule has 0 bridgehead atoms. The lowest BCUT2D eigenvalue weighted by Crippen LogP contribution is -2.25. The molecule has 0 saturated carbocycles. The van der Waals surface area contributed by atoms with Gasteiger partial charge in [-0.2, -0.15) is 0 Å². The Morgan fingerprint density at radius 2 is 1.86 bits per heavy atom. The molecule has 0 unspecified atom stereocenters. The molecule has 0 amide bonds. The van der Waals surface area contributed by atoms with Crippen molar-refractivity contribution in [1.29, 1.82) is 0 Å². The zero-order valence-corrected chi connectivity index (χ0v) is 11.9. The summed E-state index contributed by atoms with van der Waals surface area (Å²) in [5, 5.41) is 8.69. The van der Waals surface area contributed by atoms with Crippen LogP contribution < -0.4 is 10.4 Å². The Morgan fingerprint density at radius 1 is 1.19 bits per heavy atom. The minimum Gasteiger partial charge on any atom is -0.492 e. The lowest BCUT2D eigenvalue weighted by Gasteiger charge is -2.07. The average molecular weight is 290 g/mol. The van der Waals surface area contributed by atoms with Crippen molar-refractivity contribution in [2.75, 3.05) is 6.61 Å². The van der Waals surface area contributed by atoms with Crippen LogP contribution in [0.1, 0.15) is 12.5 Å². The van der Waals surface area contributed by atoms with Crippen LogP contribution in [0.2, 0.25) is 0 Å². The summed E-state index contributed by atoms with van der Waals surface area (Å²) in [5.41, 5.74) is 0.684. The standard InChI is InChI=1S/C15H18N2O4/c1-2-16-7-8-17(15(16)20)9-10-21-13-5-3-12(4-6-13)11-14(18)19/h3-8H,2,9-11H2,1H3,(H,18,19). The van der Waals surface area contributed by atoms with Gasteiger partial charge in [-0.05, 0) is 24.6 Å². The van der Waals surface area contributed by atoms with E-state index in [0.717, 1.165) is 5.56 Å². The second kappa shape index (κ2) is 6.78. The van der Waals surface area contributed by atoms with Gasteiger partial charge >= 0.3 is 11.7 Å². The van der Waals surface area contributed by atoms with Crippen molar-refractivity contribution in [2.24, 2.45) is 0 Å². The van der Waals surface area contributed by atoms with Crippen LogP contribution in [0.4, 0.5) is 0 Å². The zero-order chi connectivity index (χ0) is 15.2. The molecule has 2 rings (SSSR count). The van der Waals surface area contributed by atoms with Crippen LogP contribution in [-0.4, -0.2) is 26.8 Å². The van der Waals surface area contributed by atoms with E-state index in [4.69, 9.17) is 9.84 Å². The van der Waals surface area contributed by atoms with E-state index in [2.05, 4.69) is 0 Å². The van der Waals surface area contributed by atoms with Gasteiger partial charge in [0.25, 0.3) is 0 Å². The van der Waals surface area contributed by atoms with Crippen molar-refractivity contribution in [1.82, 2.24) is 9.13 Å². The summed E-state index contributed by atoms with van der Waals surface area (Å²) in [4.78, 5) is 22.4. The molecule has 0 fully saturated rings. The number of aliphatic carboxylic acids is 1. The molecule has 0 atom stereocenters. The Hall–Kier alpha value is -2.50. The fourth-order valence-corrected chi connectivity index (χ4v) is 2.00. The topological polar surface area (TPSA) is 73.5 Å². The van der Waals surface area contributed by atoms with E-state index >= 15 is 0 Å².